The summed E-state index contributed by atoms with van der Waals surface area (Å²) in [4.78, 5) is 31.1. The van der Waals surface area contributed by atoms with Crippen LogP contribution in [0.15, 0.2) is 0 Å². The Morgan fingerprint density at radius 1 is 0.607 bits per heavy atom. The molecule has 1 fully saturated rings. The largest absolute Gasteiger partial charge is 0.342 e. The number of rotatable bonds is 10. The lowest BCUT2D eigenvalue weighted by molar-refractivity contribution is -0.149. The van der Waals surface area contributed by atoms with Crippen molar-refractivity contribution in [3.63, 3.8) is 0 Å². The van der Waals surface area contributed by atoms with Crippen molar-refractivity contribution in [1.29, 1.82) is 0 Å². The minimum Gasteiger partial charge on any atom is -0.342 e. The van der Waals surface area contributed by atoms with Gasteiger partial charge in [0, 0.05) is 38.0 Å². The van der Waals surface area contributed by atoms with Gasteiger partial charge in [-0.05, 0) is 36.5 Å². The average Bonchev–Trinajstić information content (AvgIpc) is 2.57. The van der Waals surface area contributed by atoms with Crippen molar-refractivity contribution in [2.75, 3.05) is 26.2 Å². The summed E-state index contributed by atoms with van der Waals surface area (Å²) >= 11 is 0. The molecule has 0 N–H and O–H groups in total. The first kappa shape index (κ1) is 25.0. The highest BCUT2D eigenvalue weighted by molar-refractivity contribution is 5.88. The third kappa shape index (κ3) is 8.13. The molecule has 0 radical (unpaired) electrons. The summed E-state index contributed by atoms with van der Waals surface area (Å²) in [5.74, 6) is 1.93. The van der Waals surface area contributed by atoms with Gasteiger partial charge in [-0.1, -0.05) is 68.2 Å². The van der Waals surface area contributed by atoms with Gasteiger partial charge in [-0.2, -0.15) is 0 Å². The van der Waals surface area contributed by atoms with E-state index in [1.165, 1.54) is 0 Å². The van der Waals surface area contributed by atoms with Gasteiger partial charge in [0.05, 0.1) is 0 Å². The lowest BCUT2D eigenvalue weighted by Gasteiger charge is -2.38. The molecule has 0 saturated heterocycles. The number of nitrogens with zero attached hydrogens (tertiary/aromatic N) is 2. The quantitative estimate of drug-likeness (QED) is 0.519. The summed E-state index contributed by atoms with van der Waals surface area (Å²) in [5, 5.41) is 0. The standard InChI is InChI=1S/C24H46N2O2/c1-17(2)13-25(14-18(3)4)23(27)21-11-9-10-12-22(21)24(28)26(15-19(5)6)16-20(7)8/h17-22H,9-16H2,1-8H3/t21-,22-/m1/s1. The Hall–Kier alpha value is -1.06. The van der Waals surface area contributed by atoms with E-state index in [0.717, 1.165) is 51.9 Å². The highest BCUT2D eigenvalue weighted by Crippen LogP contribution is 2.34. The third-order valence-corrected chi connectivity index (χ3v) is 5.37. The van der Waals surface area contributed by atoms with Crippen LogP contribution >= 0.6 is 0 Å². The fraction of sp³-hybridized carbons (Fsp3) is 0.917. The molecule has 2 atom stereocenters. The van der Waals surface area contributed by atoms with Gasteiger partial charge in [-0.3, -0.25) is 9.59 Å². The molecule has 4 nitrogen and oxygen atoms in total. The molecule has 2 amide bonds. The zero-order chi connectivity index (χ0) is 21.4. The minimum atomic E-state index is -0.138. The second-order valence-electron chi connectivity index (χ2n) is 10.6. The van der Waals surface area contributed by atoms with Gasteiger partial charge in [0.15, 0.2) is 0 Å². The van der Waals surface area contributed by atoms with Crippen LogP contribution in [0.5, 0.6) is 0 Å². The van der Waals surface area contributed by atoms with Gasteiger partial charge in [0.1, 0.15) is 0 Å². The molecule has 28 heavy (non-hydrogen) atoms. The predicted octanol–water partition coefficient (Wildman–Crippen LogP) is 5.07. The van der Waals surface area contributed by atoms with Crippen molar-refractivity contribution in [2.45, 2.75) is 81.1 Å². The van der Waals surface area contributed by atoms with Crippen molar-refractivity contribution in [3.05, 3.63) is 0 Å². The van der Waals surface area contributed by atoms with Gasteiger partial charge in [0.25, 0.3) is 0 Å². The molecule has 0 unspecified atom stereocenters. The van der Waals surface area contributed by atoms with Crippen molar-refractivity contribution in [1.82, 2.24) is 9.80 Å². The normalized spacial score (nSPS) is 20.3. The summed E-state index contributed by atoms with van der Waals surface area (Å²) in [6.07, 6.45) is 3.84. The van der Waals surface area contributed by atoms with E-state index in [2.05, 4.69) is 55.4 Å². The molecule has 0 aromatic rings. The summed E-state index contributed by atoms with van der Waals surface area (Å²) < 4.78 is 0. The molecule has 164 valence electrons. The maximum Gasteiger partial charge on any atom is 0.226 e. The Morgan fingerprint density at radius 3 is 1.07 bits per heavy atom. The highest BCUT2D eigenvalue weighted by Gasteiger charge is 2.39. The van der Waals surface area contributed by atoms with Crippen LogP contribution in [0.1, 0.15) is 81.1 Å². The minimum absolute atomic E-state index is 0.138. The predicted molar refractivity (Wildman–Crippen MR) is 118 cm³/mol. The summed E-state index contributed by atoms with van der Waals surface area (Å²) in [5.41, 5.74) is 0. The molecule has 0 aromatic carbocycles. The van der Waals surface area contributed by atoms with Crippen molar-refractivity contribution < 1.29 is 9.59 Å². The molecular weight excluding hydrogens is 348 g/mol. The smallest absolute Gasteiger partial charge is 0.226 e. The fourth-order valence-electron chi connectivity index (χ4n) is 4.46. The number of hydrogen-bond donors (Lipinski definition) is 0. The number of carbonyl (C=O) groups excluding carboxylic acids is 2. The lowest BCUT2D eigenvalue weighted by atomic mass is 9.77. The SMILES string of the molecule is CC(C)CN(CC(C)C)C(=O)[C@@H]1CCCC[C@H]1C(=O)N(CC(C)C)CC(C)C. The van der Waals surface area contributed by atoms with Crippen LogP contribution in [-0.4, -0.2) is 47.8 Å². The molecule has 1 saturated carbocycles. The van der Waals surface area contributed by atoms with E-state index in [1.54, 1.807) is 0 Å². The van der Waals surface area contributed by atoms with Crippen molar-refractivity contribution in [3.8, 4) is 0 Å². The topological polar surface area (TPSA) is 40.6 Å². The first-order valence-electron chi connectivity index (χ1n) is 11.6. The van der Waals surface area contributed by atoms with E-state index in [1.807, 2.05) is 9.80 Å². The Morgan fingerprint density at radius 2 is 0.857 bits per heavy atom. The van der Waals surface area contributed by atoms with Crippen LogP contribution < -0.4 is 0 Å². The Kier molecular flexibility index (Phi) is 10.5. The van der Waals surface area contributed by atoms with Crippen LogP contribution in [0.2, 0.25) is 0 Å². The zero-order valence-corrected chi connectivity index (χ0v) is 19.8. The molecular formula is C24H46N2O2. The fourth-order valence-corrected chi connectivity index (χ4v) is 4.46. The molecule has 0 spiro atoms. The Balaban J connectivity index is 3.03. The number of amides is 2. The van der Waals surface area contributed by atoms with Crippen LogP contribution in [0, 0.1) is 35.5 Å². The van der Waals surface area contributed by atoms with Gasteiger partial charge in [0.2, 0.25) is 11.8 Å². The first-order chi connectivity index (χ1) is 13.0. The molecule has 1 aliphatic rings. The van der Waals surface area contributed by atoms with Crippen molar-refractivity contribution >= 4 is 11.8 Å². The van der Waals surface area contributed by atoms with E-state index in [-0.39, 0.29) is 23.7 Å². The first-order valence-corrected chi connectivity index (χ1v) is 11.6. The van der Waals surface area contributed by atoms with E-state index in [0.29, 0.717) is 23.7 Å². The van der Waals surface area contributed by atoms with E-state index in [4.69, 9.17) is 0 Å². The maximum absolute atomic E-state index is 13.5. The summed E-state index contributed by atoms with van der Waals surface area (Å²) in [7, 11) is 0. The van der Waals surface area contributed by atoms with Crippen molar-refractivity contribution in [2.24, 2.45) is 35.5 Å². The monoisotopic (exact) mass is 394 g/mol. The molecule has 1 rings (SSSR count). The second-order valence-corrected chi connectivity index (χ2v) is 10.6. The number of carbonyl (C=O) groups is 2. The van der Waals surface area contributed by atoms with Crippen LogP contribution in [0.3, 0.4) is 0 Å². The van der Waals surface area contributed by atoms with Gasteiger partial charge >= 0.3 is 0 Å². The molecule has 0 bridgehead atoms. The van der Waals surface area contributed by atoms with E-state index >= 15 is 0 Å². The highest BCUT2D eigenvalue weighted by atomic mass is 16.2. The second kappa shape index (κ2) is 11.8. The van der Waals surface area contributed by atoms with E-state index in [9.17, 15) is 9.59 Å². The molecule has 0 aliphatic heterocycles. The van der Waals surface area contributed by atoms with Gasteiger partial charge in [-0.25, -0.2) is 0 Å². The maximum atomic E-state index is 13.5. The molecule has 4 heteroatoms. The van der Waals surface area contributed by atoms with Gasteiger partial charge < -0.3 is 9.80 Å². The summed E-state index contributed by atoms with van der Waals surface area (Å²) in [6, 6.07) is 0. The van der Waals surface area contributed by atoms with E-state index < -0.39 is 0 Å². The molecule has 0 aromatic heterocycles. The lowest BCUT2D eigenvalue weighted by Crippen LogP contribution is -2.49. The van der Waals surface area contributed by atoms with Crippen LogP contribution in [0.4, 0.5) is 0 Å². The molecule has 1 aliphatic carbocycles. The van der Waals surface area contributed by atoms with Gasteiger partial charge in [-0.15, -0.1) is 0 Å². The Bertz CT molecular complexity index is 421. The zero-order valence-electron chi connectivity index (χ0n) is 19.8. The molecule has 0 heterocycles. The average molecular weight is 395 g/mol. The summed E-state index contributed by atoms with van der Waals surface area (Å²) in [6.45, 7) is 20.5. The third-order valence-electron chi connectivity index (χ3n) is 5.37. The van der Waals surface area contributed by atoms with Crippen LogP contribution in [0.25, 0.3) is 0 Å². The number of hydrogen-bond acceptors (Lipinski definition) is 2. The Labute approximate surface area is 174 Å². The van der Waals surface area contributed by atoms with Crippen LogP contribution in [-0.2, 0) is 9.59 Å².